The summed E-state index contributed by atoms with van der Waals surface area (Å²) < 4.78 is 38.6. The third-order valence-electron chi connectivity index (χ3n) is 5.66. The number of imidazole rings is 1. The Morgan fingerprint density at radius 3 is 2.27 bits per heavy atom. The molecule has 11 heteroatoms. The van der Waals surface area contributed by atoms with E-state index in [1.165, 1.54) is 18.2 Å². The Kier molecular flexibility index (Phi) is 5.04. The zero-order valence-electron chi connectivity index (χ0n) is 17.0. The summed E-state index contributed by atoms with van der Waals surface area (Å²) in [7, 11) is 0. The van der Waals surface area contributed by atoms with Gasteiger partial charge in [0.1, 0.15) is 5.69 Å². The molecule has 2 amide bonds. The molecule has 0 saturated carbocycles. The van der Waals surface area contributed by atoms with Gasteiger partial charge in [0.25, 0.3) is 11.8 Å². The number of amides is 2. The van der Waals surface area contributed by atoms with E-state index in [1.54, 1.807) is 34.1 Å². The zero-order valence-corrected chi connectivity index (χ0v) is 17.8. The molecule has 0 bridgehead atoms. The van der Waals surface area contributed by atoms with Crippen LogP contribution in [0, 0.1) is 0 Å². The van der Waals surface area contributed by atoms with Crippen molar-refractivity contribution in [3.63, 3.8) is 0 Å². The van der Waals surface area contributed by atoms with Crippen molar-refractivity contribution in [3.05, 3.63) is 64.6 Å². The SMILES string of the molecule is O=C(c1ccc2nc(C(F)(F)F)[nH]c2c1)N1CCN(C(=O)c2cc3cc(Cl)ccc3[nH]2)CC1. The maximum atomic E-state index is 12.9. The molecule has 0 unspecified atom stereocenters. The molecule has 7 nitrogen and oxygen atoms in total. The molecule has 170 valence electrons. The number of fused-ring (bicyclic) bond motifs is 2. The van der Waals surface area contributed by atoms with E-state index in [9.17, 15) is 22.8 Å². The summed E-state index contributed by atoms with van der Waals surface area (Å²) in [5.74, 6) is -1.59. The van der Waals surface area contributed by atoms with E-state index >= 15 is 0 Å². The van der Waals surface area contributed by atoms with Crippen molar-refractivity contribution in [1.82, 2.24) is 24.8 Å². The highest BCUT2D eigenvalue weighted by atomic mass is 35.5. The summed E-state index contributed by atoms with van der Waals surface area (Å²) in [5, 5.41) is 1.41. The Morgan fingerprint density at radius 2 is 1.58 bits per heavy atom. The van der Waals surface area contributed by atoms with Crippen molar-refractivity contribution in [2.75, 3.05) is 26.2 Å². The minimum atomic E-state index is -4.59. The van der Waals surface area contributed by atoms with Crippen molar-refractivity contribution in [2.45, 2.75) is 6.18 Å². The topological polar surface area (TPSA) is 85.1 Å². The summed E-state index contributed by atoms with van der Waals surface area (Å²) in [6, 6.07) is 11.3. The van der Waals surface area contributed by atoms with Gasteiger partial charge in [0.2, 0.25) is 5.82 Å². The molecule has 1 aliphatic heterocycles. The van der Waals surface area contributed by atoms with E-state index in [2.05, 4.69) is 15.0 Å². The number of hydrogen-bond donors (Lipinski definition) is 2. The second-order valence-corrected chi connectivity index (χ2v) is 8.25. The molecule has 1 aliphatic rings. The van der Waals surface area contributed by atoms with Crippen molar-refractivity contribution >= 4 is 45.4 Å². The number of aromatic amines is 2. The molecular weight excluding hydrogens is 459 g/mol. The van der Waals surface area contributed by atoms with Crippen LogP contribution in [0.3, 0.4) is 0 Å². The molecule has 4 aromatic rings. The van der Waals surface area contributed by atoms with Crippen LogP contribution in [0.5, 0.6) is 0 Å². The van der Waals surface area contributed by atoms with Crippen LogP contribution in [0.2, 0.25) is 5.02 Å². The van der Waals surface area contributed by atoms with Gasteiger partial charge in [-0.3, -0.25) is 9.59 Å². The molecule has 33 heavy (non-hydrogen) atoms. The third kappa shape index (κ3) is 4.02. The quantitative estimate of drug-likeness (QED) is 0.453. The maximum Gasteiger partial charge on any atom is 0.449 e. The lowest BCUT2D eigenvalue weighted by molar-refractivity contribution is -0.144. The summed E-state index contributed by atoms with van der Waals surface area (Å²) in [6.07, 6.45) is -4.59. The average Bonchev–Trinajstić information content (AvgIpc) is 3.41. The minimum absolute atomic E-state index is 0.133. The first kappa shape index (κ1) is 21.3. The van der Waals surface area contributed by atoms with Crippen LogP contribution >= 0.6 is 11.6 Å². The van der Waals surface area contributed by atoms with E-state index in [1.807, 2.05) is 0 Å². The molecule has 2 aromatic carbocycles. The molecular formula is C22H17ClF3N5O2. The van der Waals surface area contributed by atoms with Gasteiger partial charge in [-0.25, -0.2) is 4.98 Å². The lowest BCUT2D eigenvalue weighted by atomic mass is 10.1. The number of benzene rings is 2. The van der Waals surface area contributed by atoms with Crippen LogP contribution in [0.4, 0.5) is 13.2 Å². The molecule has 0 spiro atoms. The average molecular weight is 476 g/mol. The lowest BCUT2D eigenvalue weighted by Crippen LogP contribution is -2.50. The number of H-pyrrole nitrogens is 2. The largest absolute Gasteiger partial charge is 0.449 e. The first-order chi connectivity index (χ1) is 15.7. The van der Waals surface area contributed by atoms with Crippen LogP contribution in [-0.2, 0) is 6.18 Å². The molecule has 1 fully saturated rings. The van der Waals surface area contributed by atoms with E-state index < -0.39 is 12.0 Å². The smallest absolute Gasteiger partial charge is 0.351 e. The Bertz CT molecular complexity index is 1390. The zero-order chi connectivity index (χ0) is 23.3. The molecule has 5 rings (SSSR count). The van der Waals surface area contributed by atoms with Gasteiger partial charge < -0.3 is 19.8 Å². The van der Waals surface area contributed by atoms with Crippen LogP contribution in [0.1, 0.15) is 26.7 Å². The number of carbonyl (C=O) groups is 2. The van der Waals surface area contributed by atoms with Gasteiger partial charge in [0.15, 0.2) is 0 Å². The number of nitrogens with one attached hydrogen (secondary N) is 2. The van der Waals surface area contributed by atoms with Gasteiger partial charge >= 0.3 is 6.18 Å². The van der Waals surface area contributed by atoms with Crippen molar-refractivity contribution < 1.29 is 22.8 Å². The number of rotatable bonds is 2. The predicted molar refractivity (Wildman–Crippen MR) is 116 cm³/mol. The molecule has 0 aliphatic carbocycles. The number of carbonyl (C=O) groups excluding carboxylic acids is 2. The number of halogens is 4. The highest BCUT2D eigenvalue weighted by Gasteiger charge is 2.35. The monoisotopic (exact) mass is 475 g/mol. The van der Waals surface area contributed by atoms with E-state index in [0.29, 0.717) is 36.9 Å². The third-order valence-corrected chi connectivity index (χ3v) is 5.90. The number of aromatic nitrogens is 3. The molecule has 2 aromatic heterocycles. The normalized spacial score (nSPS) is 14.9. The van der Waals surface area contributed by atoms with Crippen LogP contribution < -0.4 is 0 Å². The molecule has 3 heterocycles. The fraction of sp³-hybridized carbons (Fsp3) is 0.227. The Labute approximate surface area is 190 Å². The standard InChI is InChI=1S/C22H17ClF3N5O2/c23-14-2-4-15-13(9-14)11-18(27-15)20(33)31-7-5-30(6-8-31)19(32)12-1-3-16-17(10-12)29-21(28-16)22(24,25)26/h1-4,9-11,27H,5-8H2,(H,28,29). The van der Waals surface area contributed by atoms with Gasteiger partial charge in [-0.2, -0.15) is 13.2 Å². The first-order valence-corrected chi connectivity index (χ1v) is 10.5. The molecule has 2 N–H and O–H groups in total. The molecule has 0 atom stereocenters. The first-order valence-electron chi connectivity index (χ1n) is 10.1. The maximum absolute atomic E-state index is 12.9. The molecule has 0 radical (unpaired) electrons. The van der Waals surface area contributed by atoms with Gasteiger partial charge in [-0.1, -0.05) is 11.6 Å². The second-order valence-electron chi connectivity index (χ2n) is 7.81. The van der Waals surface area contributed by atoms with Gasteiger partial charge in [-0.05, 0) is 42.5 Å². The number of hydrogen-bond acceptors (Lipinski definition) is 3. The van der Waals surface area contributed by atoms with Gasteiger partial charge in [0, 0.05) is 47.7 Å². The highest BCUT2D eigenvalue weighted by molar-refractivity contribution is 6.31. The van der Waals surface area contributed by atoms with Crippen molar-refractivity contribution in [1.29, 1.82) is 0 Å². The Balaban J connectivity index is 1.27. The summed E-state index contributed by atoms with van der Waals surface area (Å²) in [6.45, 7) is 1.30. The van der Waals surface area contributed by atoms with Crippen LogP contribution in [0.25, 0.3) is 21.9 Å². The lowest BCUT2D eigenvalue weighted by Gasteiger charge is -2.34. The highest BCUT2D eigenvalue weighted by Crippen LogP contribution is 2.29. The Hall–Kier alpha value is -3.53. The van der Waals surface area contributed by atoms with E-state index in [0.717, 1.165) is 10.9 Å². The Morgan fingerprint density at radius 1 is 0.879 bits per heavy atom. The molecule has 1 saturated heterocycles. The van der Waals surface area contributed by atoms with E-state index in [4.69, 9.17) is 11.6 Å². The summed E-state index contributed by atoms with van der Waals surface area (Å²) >= 11 is 6.00. The van der Waals surface area contributed by atoms with Gasteiger partial charge in [-0.15, -0.1) is 0 Å². The van der Waals surface area contributed by atoms with Crippen LogP contribution in [-0.4, -0.2) is 62.7 Å². The number of nitrogens with zero attached hydrogens (tertiary/aromatic N) is 3. The fourth-order valence-electron chi connectivity index (χ4n) is 3.96. The summed E-state index contributed by atoms with van der Waals surface area (Å²) in [5.41, 5.74) is 1.78. The minimum Gasteiger partial charge on any atom is -0.351 e. The second kappa shape index (κ2) is 7.80. The number of piperazine rings is 1. The van der Waals surface area contributed by atoms with Gasteiger partial charge in [0.05, 0.1) is 11.0 Å². The van der Waals surface area contributed by atoms with Crippen molar-refractivity contribution in [3.8, 4) is 0 Å². The predicted octanol–water partition coefficient (Wildman–Crippen LogP) is 4.31. The van der Waals surface area contributed by atoms with E-state index in [-0.39, 0.29) is 28.4 Å². The fourth-order valence-corrected chi connectivity index (χ4v) is 4.14. The number of alkyl halides is 3. The van der Waals surface area contributed by atoms with Crippen molar-refractivity contribution in [2.24, 2.45) is 0 Å². The van der Waals surface area contributed by atoms with Crippen LogP contribution in [0.15, 0.2) is 42.5 Å². The summed E-state index contributed by atoms with van der Waals surface area (Å²) in [4.78, 5) is 37.8.